The molecule has 1 fully saturated rings. The number of ether oxygens (including phenoxy) is 1. The zero-order valence-electron chi connectivity index (χ0n) is 11.6. The van der Waals surface area contributed by atoms with E-state index in [1.54, 1.807) is 26.0 Å². The minimum atomic E-state index is -3.04. The highest BCUT2D eigenvalue weighted by Crippen LogP contribution is 2.23. The summed E-state index contributed by atoms with van der Waals surface area (Å²) in [5, 5.41) is 2.79. The lowest BCUT2D eigenvalue weighted by atomic mass is 10.0. The maximum atomic E-state index is 12.1. The van der Waals surface area contributed by atoms with E-state index in [-0.39, 0.29) is 17.4 Å². The molecule has 2 unspecified atom stereocenters. The predicted octanol–water partition coefficient (Wildman–Crippen LogP) is 1.15. The van der Waals surface area contributed by atoms with Crippen LogP contribution in [0.2, 0.25) is 0 Å². The van der Waals surface area contributed by atoms with E-state index in [4.69, 9.17) is 4.74 Å². The number of para-hydroxylation sites is 1. The standard InChI is InChI=1S/C14H19NO4S/c1-11(19-12-6-4-3-5-7-12)13(16)15-14(2)8-9-20(17,18)10-14/h3-7,11H,8-10H2,1-2H3,(H,15,16). The van der Waals surface area contributed by atoms with Gasteiger partial charge in [0.05, 0.1) is 17.0 Å². The summed E-state index contributed by atoms with van der Waals surface area (Å²) in [5.74, 6) is 0.425. The molecule has 2 rings (SSSR count). The summed E-state index contributed by atoms with van der Waals surface area (Å²) < 4.78 is 28.5. The van der Waals surface area contributed by atoms with Crippen LogP contribution in [0.4, 0.5) is 0 Å². The summed E-state index contributed by atoms with van der Waals surface area (Å²) in [6.45, 7) is 3.40. The lowest BCUT2D eigenvalue weighted by Gasteiger charge is -2.26. The van der Waals surface area contributed by atoms with E-state index in [0.29, 0.717) is 12.2 Å². The van der Waals surface area contributed by atoms with Crippen LogP contribution in [0.1, 0.15) is 20.3 Å². The second-order valence-electron chi connectivity index (χ2n) is 5.47. The first-order valence-corrected chi connectivity index (χ1v) is 8.36. The Morgan fingerprint density at radius 2 is 2.00 bits per heavy atom. The highest BCUT2D eigenvalue weighted by Gasteiger charge is 2.40. The number of benzene rings is 1. The van der Waals surface area contributed by atoms with E-state index >= 15 is 0 Å². The Bertz CT molecular complexity index is 584. The normalized spacial score (nSPS) is 25.9. The molecule has 1 N–H and O–H groups in total. The van der Waals surface area contributed by atoms with Gasteiger partial charge in [-0.2, -0.15) is 0 Å². The zero-order valence-corrected chi connectivity index (χ0v) is 12.4. The summed E-state index contributed by atoms with van der Waals surface area (Å²) in [6.07, 6.45) is -0.225. The molecule has 0 radical (unpaired) electrons. The van der Waals surface area contributed by atoms with Crippen molar-refractivity contribution in [3.8, 4) is 5.75 Å². The Kier molecular flexibility index (Phi) is 4.04. The van der Waals surface area contributed by atoms with E-state index in [1.165, 1.54) is 0 Å². The first-order valence-electron chi connectivity index (χ1n) is 6.54. The van der Waals surface area contributed by atoms with Crippen molar-refractivity contribution in [1.29, 1.82) is 0 Å². The average Bonchev–Trinajstić information content (AvgIpc) is 2.64. The van der Waals surface area contributed by atoms with Gasteiger partial charge in [-0.25, -0.2) is 8.42 Å². The van der Waals surface area contributed by atoms with Gasteiger partial charge in [0.15, 0.2) is 15.9 Å². The van der Waals surface area contributed by atoms with Gasteiger partial charge < -0.3 is 10.1 Å². The maximum absolute atomic E-state index is 12.1. The quantitative estimate of drug-likeness (QED) is 0.905. The third-order valence-electron chi connectivity index (χ3n) is 3.35. The van der Waals surface area contributed by atoms with E-state index < -0.39 is 21.5 Å². The van der Waals surface area contributed by atoms with Crippen molar-refractivity contribution in [3.63, 3.8) is 0 Å². The van der Waals surface area contributed by atoms with E-state index in [1.807, 2.05) is 18.2 Å². The fraction of sp³-hybridized carbons (Fsp3) is 0.500. The highest BCUT2D eigenvalue weighted by molar-refractivity contribution is 7.91. The highest BCUT2D eigenvalue weighted by atomic mass is 32.2. The molecule has 1 amide bonds. The Hall–Kier alpha value is -1.56. The van der Waals surface area contributed by atoms with Crippen molar-refractivity contribution in [2.45, 2.75) is 31.9 Å². The molecule has 5 nitrogen and oxygen atoms in total. The van der Waals surface area contributed by atoms with Gasteiger partial charge in [0.25, 0.3) is 5.91 Å². The molecule has 0 aromatic heterocycles. The first-order chi connectivity index (χ1) is 9.30. The molecule has 1 aromatic carbocycles. The van der Waals surface area contributed by atoms with Gasteiger partial charge >= 0.3 is 0 Å². The summed E-state index contributed by atoms with van der Waals surface area (Å²) in [7, 11) is -3.04. The van der Waals surface area contributed by atoms with Crippen LogP contribution in [0, 0.1) is 0 Å². The first kappa shape index (κ1) is 14.8. The molecule has 6 heteroatoms. The Labute approximate surface area is 119 Å². The summed E-state index contributed by atoms with van der Waals surface area (Å²) in [6, 6.07) is 9.05. The Morgan fingerprint density at radius 1 is 1.35 bits per heavy atom. The monoisotopic (exact) mass is 297 g/mol. The van der Waals surface area contributed by atoms with Crippen LogP contribution in [0.3, 0.4) is 0 Å². The smallest absolute Gasteiger partial charge is 0.261 e. The number of hydrogen-bond donors (Lipinski definition) is 1. The minimum Gasteiger partial charge on any atom is -0.481 e. The molecule has 0 aliphatic carbocycles. The molecule has 0 saturated carbocycles. The lowest BCUT2D eigenvalue weighted by Crippen LogP contribution is -2.51. The number of rotatable bonds is 4. The fourth-order valence-corrected chi connectivity index (χ4v) is 4.36. The van der Waals surface area contributed by atoms with E-state index in [2.05, 4.69) is 5.32 Å². The SMILES string of the molecule is CC(Oc1ccccc1)C(=O)NC1(C)CCS(=O)(=O)C1. The Balaban J connectivity index is 1.95. The summed E-state index contributed by atoms with van der Waals surface area (Å²) >= 11 is 0. The number of hydrogen-bond acceptors (Lipinski definition) is 4. The summed E-state index contributed by atoms with van der Waals surface area (Å²) in [5.41, 5.74) is -0.690. The van der Waals surface area contributed by atoms with Crippen LogP contribution in [0.15, 0.2) is 30.3 Å². The second kappa shape index (κ2) is 5.44. The van der Waals surface area contributed by atoms with Crippen molar-refractivity contribution in [1.82, 2.24) is 5.32 Å². The van der Waals surface area contributed by atoms with Gasteiger partial charge in [-0.15, -0.1) is 0 Å². The number of sulfone groups is 1. The molecule has 1 saturated heterocycles. The topological polar surface area (TPSA) is 72.5 Å². The molecule has 2 atom stereocenters. The van der Waals surface area contributed by atoms with Crippen molar-refractivity contribution in [3.05, 3.63) is 30.3 Å². The Morgan fingerprint density at radius 3 is 2.55 bits per heavy atom. The second-order valence-corrected chi connectivity index (χ2v) is 7.65. The number of carbonyl (C=O) groups excluding carboxylic acids is 1. The molecule has 1 aliphatic rings. The van der Waals surface area contributed by atoms with Crippen LogP contribution in [0.25, 0.3) is 0 Å². The molecule has 110 valence electrons. The lowest BCUT2D eigenvalue weighted by molar-refractivity contribution is -0.128. The molecule has 1 heterocycles. The molecule has 20 heavy (non-hydrogen) atoms. The minimum absolute atomic E-state index is 0.0101. The molecule has 1 aliphatic heterocycles. The molecule has 0 bridgehead atoms. The van der Waals surface area contributed by atoms with Crippen molar-refractivity contribution in [2.75, 3.05) is 11.5 Å². The molecular formula is C14H19NO4S. The van der Waals surface area contributed by atoms with Gasteiger partial charge in [-0.3, -0.25) is 4.79 Å². The van der Waals surface area contributed by atoms with Crippen LogP contribution in [0.5, 0.6) is 5.75 Å². The molecule has 0 spiro atoms. The summed E-state index contributed by atoms with van der Waals surface area (Å²) in [4.78, 5) is 12.1. The van der Waals surface area contributed by atoms with Gasteiger partial charge in [-0.1, -0.05) is 18.2 Å². The van der Waals surface area contributed by atoms with Crippen LogP contribution in [-0.4, -0.2) is 37.5 Å². The maximum Gasteiger partial charge on any atom is 0.261 e. The van der Waals surface area contributed by atoms with Crippen LogP contribution in [-0.2, 0) is 14.6 Å². The molecule has 1 aromatic rings. The largest absolute Gasteiger partial charge is 0.481 e. The van der Waals surface area contributed by atoms with Crippen molar-refractivity contribution in [2.24, 2.45) is 0 Å². The molecular weight excluding hydrogens is 278 g/mol. The third-order valence-corrected chi connectivity index (χ3v) is 5.26. The van der Waals surface area contributed by atoms with Crippen molar-refractivity contribution >= 4 is 15.7 Å². The van der Waals surface area contributed by atoms with E-state index in [9.17, 15) is 13.2 Å². The van der Waals surface area contributed by atoms with Crippen LogP contribution < -0.4 is 10.1 Å². The van der Waals surface area contributed by atoms with Gasteiger partial charge in [-0.05, 0) is 32.4 Å². The van der Waals surface area contributed by atoms with Gasteiger partial charge in [0.1, 0.15) is 5.75 Å². The van der Waals surface area contributed by atoms with Crippen molar-refractivity contribution < 1.29 is 17.9 Å². The average molecular weight is 297 g/mol. The zero-order chi connectivity index (χ0) is 14.8. The fourth-order valence-electron chi connectivity index (χ4n) is 2.26. The van der Waals surface area contributed by atoms with Gasteiger partial charge in [0.2, 0.25) is 0 Å². The third kappa shape index (κ3) is 3.72. The van der Waals surface area contributed by atoms with Gasteiger partial charge in [0, 0.05) is 0 Å². The predicted molar refractivity (Wildman–Crippen MR) is 76.4 cm³/mol. The number of carbonyl (C=O) groups is 1. The number of nitrogens with one attached hydrogen (secondary N) is 1. The number of amides is 1. The van der Waals surface area contributed by atoms with Crippen LogP contribution >= 0.6 is 0 Å². The van der Waals surface area contributed by atoms with E-state index in [0.717, 1.165) is 0 Å².